The molecular weight excluding hydrogens is 242 g/mol. The van der Waals surface area contributed by atoms with Crippen LogP contribution >= 0.6 is 0 Å². The van der Waals surface area contributed by atoms with Gasteiger partial charge in [0, 0.05) is 16.6 Å². The zero-order chi connectivity index (χ0) is 13.2. The smallest absolute Gasteiger partial charge is 0.437 e. The van der Waals surface area contributed by atoms with Crippen LogP contribution in [0.15, 0.2) is 24.3 Å². The van der Waals surface area contributed by atoms with Crippen molar-refractivity contribution in [1.82, 2.24) is 4.98 Å². The van der Waals surface area contributed by atoms with Crippen LogP contribution in [-0.2, 0) is 17.6 Å². The summed E-state index contributed by atoms with van der Waals surface area (Å²) in [5.41, 5.74) is 2.96. The summed E-state index contributed by atoms with van der Waals surface area (Å²) in [4.78, 5) is 16.1. The van der Waals surface area contributed by atoms with Gasteiger partial charge in [-0.1, -0.05) is 12.1 Å². The van der Waals surface area contributed by atoms with Crippen molar-refractivity contribution >= 4 is 17.1 Å². The minimum absolute atomic E-state index is 0.618. The molecule has 0 aliphatic heterocycles. The lowest BCUT2D eigenvalue weighted by Gasteiger charge is -2.19. The van der Waals surface area contributed by atoms with Crippen LogP contribution < -0.4 is 4.74 Å². The Morgan fingerprint density at radius 3 is 2.84 bits per heavy atom. The van der Waals surface area contributed by atoms with E-state index < -0.39 is 6.16 Å². The Hall–Kier alpha value is -2.10. The maximum absolute atomic E-state index is 11.4. The maximum atomic E-state index is 11.4. The number of aromatic nitrogens is 1. The number of benzene rings is 1. The molecule has 0 saturated carbocycles. The second-order valence-corrected chi connectivity index (χ2v) is 4.65. The van der Waals surface area contributed by atoms with Gasteiger partial charge >= 0.3 is 6.16 Å². The molecule has 0 bridgehead atoms. The summed E-state index contributed by atoms with van der Waals surface area (Å²) in [6, 6.07) is 7.72. The molecule has 0 radical (unpaired) electrons. The van der Waals surface area contributed by atoms with Gasteiger partial charge in [-0.25, -0.2) is 4.79 Å². The minimum atomic E-state index is -0.677. The summed E-state index contributed by atoms with van der Waals surface area (Å²) in [5.74, 6) is 0.618. The second-order valence-electron chi connectivity index (χ2n) is 4.65. The van der Waals surface area contributed by atoms with Crippen molar-refractivity contribution in [2.24, 2.45) is 0 Å². The predicted octanol–water partition coefficient (Wildman–Crippen LogP) is 3.26. The quantitative estimate of drug-likeness (QED) is 0.736. The van der Waals surface area contributed by atoms with Crippen LogP contribution in [-0.4, -0.2) is 18.2 Å². The molecular formula is C15H15NO3. The van der Waals surface area contributed by atoms with Crippen molar-refractivity contribution in [1.29, 1.82) is 0 Å². The van der Waals surface area contributed by atoms with Crippen LogP contribution in [0, 0.1) is 0 Å². The number of carbonyl (C=O) groups is 1. The van der Waals surface area contributed by atoms with Crippen LogP contribution in [0.2, 0.25) is 0 Å². The number of methoxy groups -OCH3 is 1. The number of fused-ring (bicyclic) bond motifs is 2. The monoisotopic (exact) mass is 257 g/mol. The number of rotatable bonds is 1. The third kappa shape index (κ3) is 2.14. The van der Waals surface area contributed by atoms with E-state index in [0.717, 1.165) is 47.8 Å². The molecule has 1 aliphatic carbocycles. The number of hydrogen-bond acceptors (Lipinski definition) is 4. The summed E-state index contributed by atoms with van der Waals surface area (Å²) < 4.78 is 9.99. The lowest BCUT2D eigenvalue weighted by molar-refractivity contribution is 0.121. The molecule has 2 aromatic rings. The number of hydrogen-bond donors (Lipinski definition) is 0. The normalized spacial score (nSPS) is 13.9. The number of pyridine rings is 1. The van der Waals surface area contributed by atoms with E-state index in [0.29, 0.717) is 5.75 Å². The van der Waals surface area contributed by atoms with Crippen molar-refractivity contribution in [3.63, 3.8) is 0 Å². The van der Waals surface area contributed by atoms with Gasteiger partial charge in [-0.05, 0) is 37.8 Å². The fourth-order valence-electron chi connectivity index (χ4n) is 2.57. The lowest BCUT2D eigenvalue weighted by Crippen LogP contribution is -2.13. The summed E-state index contributed by atoms with van der Waals surface area (Å²) in [7, 11) is 1.32. The fraction of sp³-hybridized carbons (Fsp3) is 0.333. The molecule has 3 rings (SSSR count). The van der Waals surface area contributed by atoms with Crippen molar-refractivity contribution in [3.8, 4) is 5.75 Å². The number of ether oxygens (including phenoxy) is 2. The van der Waals surface area contributed by atoms with Gasteiger partial charge in [0.25, 0.3) is 0 Å². The maximum Gasteiger partial charge on any atom is 0.513 e. The highest BCUT2D eigenvalue weighted by Crippen LogP contribution is 2.35. The molecule has 1 aromatic heterocycles. The van der Waals surface area contributed by atoms with Crippen molar-refractivity contribution in [2.75, 3.05) is 7.11 Å². The van der Waals surface area contributed by atoms with Crippen LogP contribution in [0.4, 0.5) is 4.79 Å². The molecule has 0 amide bonds. The van der Waals surface area contributed by atoms with Crippen LogP contribution in [0.25, 0.3) is 10.9 Å². The molecule has 0 saturated heterocycles. The summed E-state index contributed by atoms with van der Waals surface area (Å²) >= 11 is 0. The highest BCUT2D eigenvalue weighted by molar-refractivity contribution is 5.88. The molecule has 4 nitrogen and oxygen atoms in total. The first kappa shape index (κ1) is 12.0. The standard InChI is InChI=1S/C15H15NO3/c1-18-15(17)19-14-10-6-2-4-8-12(10)16-13-9-5-3-7-11(13)14/h2,4,6,8H,3,5,7,9H2,1H3. The topological polar surface area (TPSA) is 48.4 Å². The Morgan fingerprint density at radius 2 is 2.00 bits per heavy atom. The third-order valence-electron chi connectivity index (χ3n) is 3.47. The average Bonchev–Trinajstić information content (AvgIpc) is 2.46. The Balaban J connectivity index is 2.21. The van der Waals surface area contributed by atoms with Gasteiger partial charge < -0.3 is 9.47 Å². The van der Waals surface area contributed by atoms with Gasteiger partial charge in [0.15, 0.2) is 0 Å². The Labute approximate surface area is 111 Å². The number of nitrogens with zero attached hydrogens (tertiary/aromatic N) is 1. The first-order valence-corrected chi connectivity index (χ1v) is 6.46. The van der Waals surface area contributed by atoms with Crippen LogP contribution in [0.1, 0.15) is 24.1 Å². The van der Waals surface area contributed by atoms with Crippen LogP contribution in [0.3, 0.4) is 0 Å². The van der Waals surface area contributed by atoms with E-state index >= 15 is 0 Å². The predicted molar refractivity (Wildman–Crippen MR) is 71.4 cm³/mol. The number of aryl methyl sites for hydroxylation is 1. The van der Waals surface area contributed by atoms with Gasteiger partial charge in [-0.15, -0.1) is 0 Å². The Bertz CT molecular complexity index is 637. The molecule has 0 unspecified atom stereocenters. The van der Waals surface area contributed by atoms with Crippen molar-refractivity contribution in [3.05, 3.63) is 35.5 Å². The number of para-hydroxylation sites is 1. The molecule has 1 aliphatic rings. The van der Waals surface area contributed by atoms with Crippen molar-refractivity contribution < 1.29 is 14.3 Å². The van der Waals surface area contributed by atoms with Gasteiger partial charge in [0.2, 0.25) is 0 Å². The first-order valence-electron chi connectivity index (χ1n) is 6.46. The minimum Gasteiger partial charge on any atom is -0.437 e. The molecule has 0 fully saturated rings. The Kier molecular flexibility index (Phi) is 3.07. The summed E-state index contributed by atoms with van der Waals surface area (Å²) in [5, 5.41) is 0.869. The molecule has 0 spiro atoms. The highest BCUT2D eigenvalue weighted by atomic mass is 16.7. The molecule has 1 heterocycles. The summed E-state index contributed by atoms with van der Waals surface area (Å²) in [6.45, 7) is 0. The van der Waals surface area contributed by atoms with E-state index in [-0.39, 0.29) is 0 Å². The molecule has 98 valence electrons. The van der Waals surface area contributed by atoms with E-state index in [1.807, 2.05) is 24.3 Å². The second kappa shape index (κ2) is 4.88. The van der Waals surface area contributed by atoms with Crippen molar-refractivity contribution in [2.45, 2.75) is 25.7 Å². The average molecular weight is 257 g/mol. The van der Waals surface area contributed by atoms with Gasteiger partial charge in [0.1, 0.15) is 5.75 Å². The highest BCUT2D eigenvalue weighted by Gasteiger charge is 2.21. The summed E-state index contributed by atoms with van der Waals surface area (Å²) in [6.07, 6.45) is 3.40. The fourth-order valence-corrected chi connectivity index (χ4v) is 2.57. The van der Waals surface area contributed by atoms with E-state index in [1.165, 1.54) is 7.11 Å². The first-order chi connectivity index (χ1) is 9.29. The zero-order valence-corrected chi connectivity index (χ0v) is 10.8. The molecule has 19 heavy (non-hydrogen) atoms. The molecule has 0 atom stereocenters. The number of carbonyl (C=O) groups excluding carboxylic acids is 1. The Morgan fingerprint density at radius 1 is 1.21 bits per heavy atom. The largest absolute Gasteiger partial charge is 0.513 e. The van der Waals surface area contributed by atoms with E-state index in [1.54, 1.807) is 0 Å². The molecule has 0 N–H and O–H groups in total. The van der Waals surface area contributed by atoms with E-state index in [2.05, 4.69) is 9.72 Å². The van der Waals surface area contributed by atoms with E-state index in [9.17, 15) is 4.79 Å². The van der Waals surface area contributed by atoms with Crippen LogP contribution in [0.5, 0.6) is 5.75 Å². The molecule has 1 aromatic carbocycles. The van der Waals surface area contributed by atoms with Gasteiger partial charge in [-0.2, -0.15) is 0 Å². The van der Waals surface area contributed by atoms with E-state index in [4.69, 9.17) is 4.74 Å². The molecule has 4 heteroatoms. The van der Waals surface area contributed by atoms with Gasteiger partial charge in [-0.3, -0.25) is 4.98 Å². The van der Waals surface area contributed by atoms with Gasteiger partial charge in [0.05, 0.1) is 12.6 Å². The lowest BCUT2D eigenvalue weighted by atomic mass is 9.93. The zero-order valence-electron chi connectivity index (χ0n) is 10.8. The third-order valence-corrected chi connectivity index (χ3v) is 3.47. The SMILES string of the molecule is COC(=O)Oc1c2c(nc3ccccc13)CCCC2.